The molecular weight excluding hydrogens is 367 g/mol. The molecule has 0 aliphatic rings. The minimum atomic E-state index is -0.465. The fraction of sp³-hybridized carbons (Fsp3) is 0.176. The first-order valence-electron chi connectivity index (χ1n) is 7.33. The molecule has 0 atom stereocenters. The summed E-state index contributed by atoms with van der Waals surface area (Å²) in [5.41, 5.74) is 5.52. The van der Waals surface area contributed by atoms with Crippen LogP contribution in [0.5, 0.6) is 11.5 Å². The number of carbonyl (C=O) groups is 2. The number of anilines is 1. The predicted molar refractivity (Wildman–Crippen MR) is 96.3 cm³/mol. The first kappa shape index (κ1) is 18.9. The third-order valence-electron chi connectivity index (χ3n) is 3.02. The van der Waals surface area contributed by atoms with E-state index >= 15 is 0 Å². The van der Waals surface area contributed by atoms with Crippen LogP contribution in [0.25, 0.3) is 0 Å². The summed E-state index contributed by atoms with van der Waals surface area (Å²) in [4.78, 5) is 22.8. The van der Waals surface area contributed by atoms with Crippen molar-refractivity contribution in [2.45, 2.75) is 6.42 Å². The number of amides is 2. The van der Waals surface area contributed by atoms with Crippen LogP contribution < -0.4 is 20.5 Å². The largest absolute Gasteiger partial charge is 0.491 e. The normalized spacial score (nSPS) is 10.2. The smallest absolute Gasteiger partial charge is 0.262 e. The Hall–Kier alpha value is -2.44. The molecule has 0 unspecified atom stereocenters. The highest BCUT2D eigenvalue weighted by molar-refractivity contribution is 6.34. The van der Waals surface area contributed by atoms with Crippen molar-refractivity contribution in [1.82, 2.24) is 0 Å². The Morgan fingerprint density at radius 1 is 1.04 bits per heavy atom. The predicted octanol–water partition coefficient (Wildman–Crippen LogP) is 3.27. The Bertz CT molecular complexity index is 768. The number of para-hydroxylation sites is 2. The molecule has 0 aromatic heterocycles. The van der Waals surface area contributed by atoms with Crippen molar-refractivity contribution in [2.75, 3.05) is 18.5 Å². The minimum absolute atomic E-state index is 0.0820. The van der Waals surface area contributed by atoms with Crippen molar-refractivity contribution in [3.05, 3.63) is 52.5 Å². The van der Waals surface area contributed by atoms with Gasteiger partial charge in [0.05, 0.1) is 23.7 Å². The van der Waals surface area contributed by atoms with Gasteiger partial charge >= 0.3 is 0 Å². The van der Waals surface area contributed by atoms with Crippen LogP contribution in [-0.2, 0) is 9.59 Å². The van der Waals surface area contributed by atoms with E-state index in [4.69, 9.17) is 38.4 Å². The number of halogens is 2. The van der Waals surface area contributed by atoms with Crippen molar-refractivity contribution < 1.29 is 19.1 Å². The maximum atomic E-state index is 12.1. The van der Waals surface area contributed by atoms with Crippen molar-refractivity contribution in [3.63, 3.8) is 0 Å². The van der Waals surface area contributed by atoms with Gasteiger partial charge in [-0.3, -0.25) is 9.59 Å². The van der Waals surface area contributed by atoms with Gasteiger partial charge in [-0.1, -0.05) is 35.3 Å². The number of ether oxygens (including phenoxy) is 2. The Kier molecular flexibility index (Phi) is 6.91. The summed E-state index contributed by atoms with van der Waals surface area (Å²) in [7, 11) is 0. The van der Waals surface area contributed by atoms with Crippen molar-refractivity contribution >= 4 is 40.7 Å². The van der Waals surface area contributed by atoms with E-state index in [1.165, 1.54) is 6.07 Å². The van der Waals surface area contributed by atoms with Crippen molar-refractivity contribution in [1.29, 1.82) is 0 Å². The van der Waals surface area contributed by atoms with Gasteiger partial charge in [-0.15, -0.1) is 0 Å². The first-order chi connectivity index (χ1) is 12.0. The Morgan fingerprint density at radius 3 is 2.56 bits per heavy atom. The van der Waals surface area contributed by atoms with Crippen LogP contribution in [0.4, 0.5) is 5.69 Å². The van der Waals surface area contributed by atoms with Gasteiger partial charge in [0, 0.05) is 11.1 Å². The second kappa shape index (κ2) is 9.15. The highest BCUT2D eigenvalue weighted by Crippen LogP contribution is 2.28. The summed E-state index contributed by atoms with van der Waals surface area (Å²) < 4.78 is 10.8. The molecule has 0 aliphatic heterocycles. The van der Waals surface area contributed by atoms with Crippen LogP contribution in [0.2, 0.25) is 10.0 Å². The van der Waals surface area contributed by atoms with Gasteiger partial charge in [-0.05, 0) is 24.3 Å². The van der Waals surface area contributed by atoms with E-state index in [0.717, 1.165) is 0 Å². The molecule has 0 heterocycles. The summed E-state index contributed by atoms with van der Waals surface area (Å²) in [5.74, 6) is -0.122. The van der Waals surface area contributed by atoms with Gasteiger partial charge < -0.3 is 20.5 Å². The second-order valence-electron chi connectivity index (χ2n) is 4.97. The molecule has 0 fully saturated rings. The molecule has 2 aromatic carbocycles. The maximum Gasteiger partial charge on any atom is 0.262 e. The summed E-state index contributed by atoms with van der Waals surface area (Å²) in [6.45, 7) is -0.132. The SMILES string of the molecule is NC(=O)CCOc1ccccc1NC(=O)COc1cc(Cl)ccc1Cl. The molecule has 2 aromatic rings. The molecule has 132 valence electrons. The molecule has 0 saturated heterocycles. The number of hydrogen-bond donors (Lipinski definition) is 2. The number of nitrogens with one attached hydrogen (secondary N) is 1. The van der Waals surface area contributed by atoms with Crippen molar-refractivity contribution in [2.24, 2.45) is 5.73 Å². The first-order valence-corrected chi connectivity index (χ1v) is 8.09. The Balaban J connectivity index is 1.94. The molecule has 8 heteroatoms. The Labute approximate surface area is 154 Å². The maximum absolute atomic E-state index is 12.1. The summed E-state index contributed by atoms with van der Waals surface area (Å²) in [5, 5.41) is 3.48. The average Bonchev–Trinajstić information content (AvgIpc) is 2.57. The van der Waals surface area contributed by atoms with E-state index in [9.17, 15) is 9.59 Å². The lowest BCUT2D eigenvalue weighted by Crippen LogP contribution is -2.21. The standard InChI is InChI=1S/C17H16Cl2N2O4/c18-11-5-6-12(19)15(9-11)25-10-17(23)21-13-3-1-2-4-14(13)24-8-7-16(20)22/h1-6,9H,7-8,10H2,(H2,20,22)(H,21,23). The quantitative estimate of drug-likeness (QED) is 0.732. The van der Waals surface area contributed by atoms with Gasteiger partial charge in [0.2, 0.25) is 5.91 Å². The highest BCUT2D eigenvalue weighted by atomic mass is 35.5. The topological polar surface area (TPSA) is 90.7 Å². The second-order valence-corrected chi connectivity index (χ2v) is 5.82. The van der Waals surface area contributed by atoms with E-state index in [0.29, 0.717) is 27.2 Å². The Morgan fingerprint density at radius 2 is 1.80 bits per heavy atom. The molecule has 2 amide bonds. The number of rotatable bonds is 8. The summed E-state index contributed by atoms with van der Waals surface area (Å²) >= 11 is 11.8. The molecular formula is C17H16Cl2N2O4. The van der Waals surface area contributed by atoms with E-state index in [1.54, 1.807) is 36.4 Å². The monoisotopic (exact) mass is 382 g/mol. The van der Waals surface area contributed by atoms with Crippen molar-refractivity contribution in [3.8, 4) is 11.5 Å². The third kappa shape index (κ3) is 6.17. The van der Waals surface area contributed by atoms with Crippen LogP contribution in [-0.4, -0.2) is 25.0 Å². The van der Waals surface area contributed by atoms with E-state index in [-0.39, 0.29) is 19.6 Å². The fourth-order valence-electron chi connectivity index (χ4n) is 1.87. The number of primary amides is 1. The fourth-order valence-corrected chi connectivity index (χ4v) is 2.21. The summed E-state index contributed by atoms with van der Waals surface area (Å²) in [6, 6.07) is 11.6. The number of carbonyl (C=O) groups excluding carboxylic acids is 2. The zero-order chi connectivity index (χ0) is 18.2. The van der Waals surface area contributed by atoms with E-state index in [1.807, 2.05) is 0 Å². The lowest BCUT2D eigenvalue weighted by atomic mass is 10.3. The zero-order valence-electron chi connectivity index (χ0n) is 13.1. The van der Waals surface area contributed by atoms with Crippen LogP contribution in [0.1, 0.15) is 6.42 Å². The van der Waals surface area contributed by atoms with E-state index in [2.05, 4.69) is 5.32 Å². The number of hydrogen-bond acceptors (Lipinski definition) is 4. The van der Waals surface area contributed by atoms with Crippen LogP contribution in [0.3, 0.4) is 0 Å². The van der Waals surface area contributed by atoms with Crippen LogP contribution >= 0.6 is 23.2 Å². The lowest BCUT2D eigenvalue weighted by Gasteiger charge is -2.13. The molecule has 0 radical (unpaired) electrons. The molecule has 0 aliphatic carbocycles. The lowest BCUT2D eigenvalue weighted by molar-refractivity contribution is -0.119. The molecule has 3 N–H and O–H groups in total. The van der Waals surface area contributed by atoms with E-state index < -0.39 is 11.8 Å². The number of benzene rings is 2. The molecule has 25 heavy (non-hydrogen) atoms. The molecule has 0 bridgehead atoms. The van der Waals surface area contributed by atoms with Gasteiger partial charge in [-0.2, -0.15) is 0 Å². The molecule has 0 spiro atoms. The average molecular weight is 383 g/mol. The van der Waals surface area contributed by atoms with Crippen LogP contribution in [0.15, 0.2) is 42.5 Å². The van der Waals surface area contributed by atoms with Gasteiger partial charge in [0.1, 0.15) is 11.5 Å². The highest BCUT2D eigenvalue weighted by Gasteiger charge is 2.10. The number of nitrogens with two attached hydrogens (primary N) is 1. The van der Waals surface area contributed by atoms with Gasteiger partial charge in [0.15, 0.2) is 6.61 Å². The molecule has 0 saturated carbocycles. The van der Waals surface area contributed by atoms with Gasteiger partial charge in [0.25, 0.3) is 5.91 Å². The zero-order valence-corrected chi connectivity index (χ0v) is 14.6. The molecule has 2 rings (SSSR count). The summed E-state index contributed by atoms with van der Waals surface area (Å²) in [6.07, 6.45) is 0.0820. The third-order valence-corrected chi connectivity index (χ3v) is 3.57. The van der Waals surface area contributed by atoms with Crippen LogP contribution in [0, 0.1) is 0 Å². The minimum Gasteiger partial charge on any atom is -0.491 e. The van der Waals surface area contributed by atoms with Gasteiger partial charge in [-0.25, -0.2) is 0 Å². The molecule has 6 nitrogen and oxygen atoms in total.